The predicted molar refractivity (Wildman–Crippen MR) is 101 cm³/mol. The van der Waals surface area contributed by atoms with E-state index in [0.717, 1.165) is 6.54 Å². The SMILES string of the molecule is CO[C@H]1CN(C)C(=O)c2ccc(NC(C)=O)cc2OC[C@@H](C)NC[C@@H]1C. The lowest BCUT2D eigenvalue weighted by atomic mass is 10.0. The van der Waals surface area contributed by atoms with Crippen molar-refractivity contribution in [1.82, 2.24) is 10.2 Å². The highest BCUT2D eigenvalue weighted by atomic mass is 16.5. The van der Waals surface area contributed by atoms with Crippen LogP contribution in [0.15, 0.2) is 18.2 Å². The van der Waals surface area contributed by atoms with E-state index in [-0.39, 0.29) is 29.9 Å². The van der Waals surface area contributed by atoms with Gasteiger partial charge in [0.2, 0.25) is 5.91 Å². The maximum absolute atomic E-state index is 12.9. The van der Waals surface area contributed by atoms with Gasteiger partial charge >= 0.3 is 0 Å². The van der Waals surface area contributed by atoms with E-state index in [1.807, 2.05) is 6.92 Å². The summed E-state index contributed by atoms with van der Waals surface area (Å²) in [7, 11) is 3.43. The van der Waals surface area contributed by atoms with Crippen LogP contribution in [0.2, 0.25) is 0 Å². The van der Waals surface area contributed by atoms with Crippen LogP contribution in [0.4, 0.5) is 5.69 Å². The molecule has 0 aromatic heterocycles. The molecule has 2 rings (SSSR count). The molecule has 7 heteroatoms. The summed E-state index contributed by atoms with van der Waals surface area (Å²) in [6.07, 6.45) is -0.0638. The molecule has 0 saturated heterocycles. The molecule has 0 radical (unpaired) electrons. The van der Waals surface area contributed by atoms with Crippen molar-refractivity contribution >= 4 is 17.5 Å². The van der Waals surface area contributed by atoms with Crippen LogP contribution in [0.5, 0.6) is 5.75 Å². The minimum Gasteiger partial charge on any atom is -0.491 e. The van der Waals surface area contributed by atoms with Gasteiger partial charge < -0.3 is 25.0 Å². The first-order valence-corrected chi connectivity index (χ1v) is 8.88. The van der Waals surface area contributed by atoms with Gasteiger partial charge in [-0.25, -0.2) is 0 Å². The van der Waals surface area contributed by atoms with Gasteiger partial charge in [-0.3, -0.25) is 9.59 Å². The highest BCUT2D eigenvalue weighted by Crippen LogP contribution is 2.26. The molecule has 0 bridgehead atoms. The van der Waals surface area contributed by atoms with Crippen LogP contribution in [0, 0.1) is 5.92 Å². The Hall–Kier alpha value is -2.12. The standard InChI is InChI=1S/C19H29N3O4/c1-12-9-20-13(2)11-26-17-8-15(21-14(3)23)6-7-16(17)19(24)22(4)10-18(12)25-5/h6-8,12-13,18,20H,9-11H2,1-5H3,(H,21,23)/t12-,13+,18-/m0/s1. The van der Waals surface area contributed by atoms with Crippen LogP contribution in [0.25, 0.3) is 0 Å². The molecule has 0 aliphatic carbocycles. The summed E-state index contributed by atoms with van der Waals surface area (Å²) in [5.41, 5.74) is 1.07. The van der Waals surface area contributed by atoms with E-state index in [0.29, 0.717) is 30.2 Å². The first-order valence-electron chi connectivity index (χ1n) is 8.88. The summed E-state index contributed by atoms with van der Waals surface area (Å²) in [6.45, 7) is 7.25. The average molecular weight is 363 g/mol. The third kappa shape index (κ3) is 5.19. The number of hydrogen-bond acceptors (Lipinski definition) is 5. The van der Waals surface area contributed by atoms with Gasteiger partial charge in [0.05, 0.1) is 11.7 Å². The smallest absolute Gasteiger partial charge is 0.257 e. The number of nitrogens with zero attached hydrogens (tertiary/aromatic N) is 1. The molecular weight excluding hydrogens is 334 g/mol. The van der Waals surface area contributed by atoms with E-state index in [9.17, 15) is 9.59 Å². The number of amides is 2. The third-order valence-corrected chi connectivity index (χ3v) is 4.55. The van der Waals surface area contributed by atoms with Crippen LogP contribution in [0.3, 0.4) is 0 Å². The number of rotatable bonds is 2. The maximum atomic E-state index is 12.9. The van der Waals surface area contributed by atoms with Crippen LogP contribution < -0.4 is 15.4 Å². The molecule has 1 aromatic carbocycles. The number of fused-ring (bicyclic) bond motifs is 1. The van der Waals surface area contributed by atoms with Gasteiger partial charge in [-0.15, -0.1) is 0 Å². The predicted octanol–water partition coefficient (Wildman–Crippen LogP) is 1.74. The highest BCUT2D eigenvalue weighted by molar-refractivity contribution is 5.98. The first kappa shape index (κ1) is 20.2. The van der Waals surface area contributed by atoms with Crippen molar-refractivity contribution in [2.75, 3.05) is 39.2 Å². The number of methoxy groups -OCH3 is 1. The number of hydrogen-bond donors (Lipinski definition) is 2. The summed E-state index contributed by atoms with van der Waals surface area (Å²) >= 11 is 0. The van der Waals surface area contributed by atoms with Crippen molar-refractivity contribution in [2.24, 2.45) is 5.92 Å². The molecule has 2 N–H and O–H groups in total. The molecule has 1 aromatic rings. The average Bonchev–Trinajstić information content (AvgIpc) is 2.60. The third-order valence-electron chi connectivity index (χ3n) is 4.55. The number of nitrogens with one attached hydrogen (secondary N) is 2. The van der Waals surface area contributed by atoms with E-state index in [1.165, 1.54) is 6.92 Å². The second kappa shape index (κ2) is 9.00. The molecule has 0 unspecified atom stereocenters. The number of benzene rings is 1. The van der Waals surface area contributed by atoms with Gasteiger partial charge in [-0.1, -0.05) is 6.92 Å². The van der Waals surface area contributed by atoms with Crippen LogP contribution >= 0.6 is 0 Å². The molecule has 26 heavy (non-hydrogen) atoms. The van der Waals surface area contributed by atoms with Crippen LogP contribution in [-0.4, -0.2) is 62.7 Å². The van der Waals surface area contributed by atoms with E-state index >= 15 is 0 Å². The van der Waals surface area contributed by atoms with E-state index < -0.39 is 0 Å². The Bertz CT molecular complexity index is 650. The second-order valence-electron chi connectivity index (χ2n) is 6.95. The molecule has 3 atom stereocenters. The summed E-state index contributed by atoms with van der Waals surface area (Å²) in [5, 5.41) is 6.16. The Morgan fingerprint density at radius 2 is 2.12 bits per heavy atom. The topological polar surface area (TPSA) is 79.9 Å². The maximum Gasteiger partial charge on any atom is 0.257 e. The lowest BCUT2D eigenvalue weighted by Gasteiger charge is -2.30. The summed E-state index contributed by atoms with van der Waals surface area (Å²) < 4.78 is 11.5. The molecule has 0 spiro atoms. The number of likely N-dealkylation sites (N-methyl/N-ethyl adjacent to an activating group) is 1. The fourth-order valence-corrected chi connectivity index (χ4v) is 2.94. The number of carbonyl (C=O) groups is 2. The molecule has 1 heterocycles. The Morgan fingerprint density at radius 3 is 2.77 bits per heavy atom. The number of anilines is 1. The molecular formula is C19H29N3O4. The van der Waals surface area contributed by atoms with Crippen molar-refractivity contribution < 1.29 is 19.1 Å². The fourth-order valence-electron chi connectivity index (χ4n) is 2.94. The monoisotopic (exact) mass is 363 g/mol. The second-order valence-corrected chi connectivity index (χ2v) is 6.95. The van der Waals surface area contributed by atoms with E-state index in [4.69, 9.17) is 9.47 Å². The van der Waals surface area contributed by atoms with Gasteiger partial charge in [0.25, 0.3) is 5.91 Å². The Morgan fingerprint density at radius 1 is 1.38 bits per heavy atom. The van der Waals surface area contributed by atoms with Gasteiger partial charge in [-0.05, 0) is 25.0 Å². The minimum atomic E-state index is -0.173. The van der Waals surface area contributed by atoms with Gasteiger partial charge in [0.15, 0.2) is 0 Å². The van der Waals surface area contributed by atoms with Gasteiger partial charge in [0.1, 0.15) is 12.4 Å². The number of carbonyl (C=O) groups excluding carboxylic acids is 2. The normalized spacial score (nSPS) is 24.7. The Labute approximate surface area is 155 Å². The van der Waals surface area contributed by atoms with Crippen molar-refractivity contribution in [2.45, 2.75) is 32.9 Å². The van der Waals surface area contributed by atoms with Gasteiger partial charge in [-0.2, -0.15) is 0 Å². The van der Waals surface area contributed by atoms with Crippen LogP contribution in [0.1, 0.15) is 31.1 Å². The minimum absolute atomic E-state index is 0.0638. The van der Waals surface area contributed by atoms with Crippen molar-refractivity contribution in [3.63, 3.8) is 0 Å². The quantitative estimate of drug-likeness (QED) is 0.837. The molecule has 7 nitrogen and oxygen atoms in total. The summed E-state index contributed by atoms with van der Waals surface area (Å²) in [4.78, 5) is 25.9. The molecule has 1 aliphatic heterocycles. The lowest BCUT2D eigenvalue weighted by molar-refractivity contribution is -0.114. The van der Waals surface area contributed by atoms with Crippen LogP contribution in [-0.2, 0) is 9.53 Å². The lowest BCUT2D eigenvalue weighted by Crippen LogP contribution is -2.44. The Kier molecular flexibility index (Phi) is 6.99. The fraction of sp³-hybridized carbons (Fsp3) is 0.579. The largest absolute Gasteiger partial charge is 0.491 e. The zero-order valence-electron chi connectivity index (χ0n) is 16.2. The zero-order chi connectivity index (χ0) is 19.3. The number of ether oxygens (including phenoxy) is 2. The van der Waals surface area contributed by atoms with Gasteiger partial charge in [0, 0.05) is 52.0 Å². The summed E-state index contributed by atoms with van der Waals surface area (Å²) in [6, 6.07) is 5.20. The first-order chi connectivity index (χ1) is 12.3. The molecule has 0 fully saturated rings. The molecule has 144 valence electrons. The van der Waals surface area contributed by atoms with E-state index in [1.54, 1.807) is 37.3 Å². The molecule has 2 amide bonds. The summed E-state index contributed by atoms with van der Waals surface area (Å²) in [5.74, 6) is 0.404. The van der Waals surface area contributed by atoms with E-state index in [2.05, 4.69) is 17.6 Å². The molecule has 1 aliphatic rings. The van der Waals surface area contributed by atoms with Crippen molar-refractivity contribution in [3.05, 3.63) is 23.8 Å². The zero-order valence-corrected chi connectivity index (χ0v) is 16.2. The molecule has 0 saturated carbocycles. The highest BCUT2D eigenvalue weighted by Gasteiger charge is 2.25. The Balaban J connectivity index is 2.35. The van der Waals surface area contributed by atoms with Crippen molar-refractivity contribution in [1.29, 1.82) is 0 Å². The van der Waals surface area contributed by atoms with Crippen molar-refractivity contribution in [3.8, 4) is 5.75 Å².